The van der Waals surface area contributed by atoms with Crippen molar-refractivity contribution < 1.29 is 14.3 Å². The highest BCUT2D eigenvalue weighted by Gasteiger charge is 2.25. The molecule has 1 aromatic carbocycles. The molecule has 2 atom stereocenters. The molecule has 1 saturated carbocycles. The van der Waals surface area contributed by atoms with E-state index in [0.29, 0.717) is 17.8 Å². The van der Waals surface area contributed by atoms with Gasteiger partial charge in [-0.15, -0.1) is 0 Å². The Hall–Kier alpha value is -1.96. The Morgan fingerprint density at radius 3 is 2.59 bits per heavy atom. The number of ether oxygens (including phenoxy) is 1. The highest BCUT2D eigenvalue weighted by molar-refractivity contribution is 5.96. The van der Waals surface area contributed by atoms with Gasteiger partial charge in [0.15, 0.2) is 0 Å². The van der Waals surface area contributed by atoms with Gasteiger partial charge < -0.3 is 21.1 Å². The number of amides is 2. The van der Waals surface area contributed by atoms with Crippen molar-refractivity contribution in [2.24, 2.45) is 11.7 Å². The van der Waals surface area contributed by atoms with E-state index in [1.54, 1.807) is 24.3 Å². The molecule has 148 valence electrons. The monoisotopic (exact) mass is 374 g/mol. The van der Waals surface area contributed by atoms with E-state index in [0.717, 1.165) is 58.5 Å². The third-order valence-corrected chi connectivity index (χ3v) is 5.32. The van der Waals surface area contributed by atoms with E-state index >= 15 is 0 Å². The second-order valence-corrected chi connectivity index (χ2v) is 7.40. The molecule has 1 aliphatic heterocycles. The van der Waals surface area contributed by atoms with Crippen LogP contribution in [0.3, 0.4) is 0 Å². The van der Waals surface area contributed by atoms with Gasteiger partial charge in [-0.05, 0) is 43.5 Å². The van der Waals surface area contributed by atoms with E-state index in [1.807, 2.05) is 0 Å². The van der Waals surface area contributed by atoms with Crippen molar-refractivity contribution in [3.05, 3.63) is 29.8 Å². The molecule has 2 fully saturated rings. The standard InChI is InChI=1S/C20H30N4O3/c21-17-3-1-2-16(14-17)20(26)23-18-6-4-15(5-7-18)19(25)22-8-9-24-10-12-27-13-11-24/h4-7,16-17H,1-3,8-14,21H2,(H,22,25)(H,23,26). The molecule has 7 heteroatoms. The van der Waals surface area contributed by atoms with Crippen LogP contribution in [0.25, 0.3) is 0 Å². The van der Waals surface area contributed by atoms with Gasteiger partial charge in [-0.2, -0.15) is 0 Å². The number of nitrogens with zero attached hydrogens (tertiary/aromatic N) is 1. The molecule has 1 aromatic rings. The zero-order chi connectivity index (χ0) is 19.1. The lowest BCUT2D eigenvalue weighted by Gasteiger charge is -2.26. The number of nitrogens with two attached hydrogens (primary N) is 1. The van der Waals surface area contributed by atoms with E-state index in [2.05, 4.69) is 15.5 Å². The first kappa shape index (κ1) is 19.8. The number of anilines is 1. The molecule has 0 radical (unpaired) electrons. The van der Waals surface area contributed by atoms with E-state index < -0.39 is 0 Å². The Morgan fingerprint density at radius 1 is 1.15 bits per heavy atom. The van der Waals surface area contributed by atoms with Crippen LogP contribution in [0.4, 0.5) is 5.69 Å². The Morgan fingerprint density at radius 2 is 1.89 bits per heavy atom. The van der Waals surface area contributed by atoms with Gasteiger partial charge in [0.1, 0.15) is 0 Å². The van der Waals surface area contributed by atoms with Crippen LogP contribution in [0, 0.1) is 5.92 Å². The first-order valence-electron chi connectivity index (χ1n) is 9.86. The van der Waals surface area contributed by atoms with Crippen LogP contribution in [-0.4, -0.2) is 62.1 Å². The summed E-state index contributed by atoms with van der Waals surface area (Å²) in [7, 11) is 0. The molecule has 2 unspecified atom stereocenters. The molecule has 1 saturated heterocycles. The maximum Gasteiger partial charge on any atom is 0.251 e. The van der Waals surface area contributed by atoms with Gasteiger partial charge >= 0.3 is 0 Å². The minimum Gasteiger partial charge on any atom is -0.379 e. The van der Waals surface area contributed by atoms with Gasteiger partial charge in [0.25, 0.3) is 5.91 Å². The zero-order valence-electron chi connectivity index (χ0n) is 15.8. The SMILES string of the molecule is NC1CCCC(C(=O)Nc2ccc(C(=O)NCCN3CCOCC3)cc2)C1. The van der Waals surface area contributed by atoms with Gasteiger partial charge in [-0.3, -0.25) is 14.5 Å². The minimum absolute atomic E-state index is 0.0167. The second-order valence-electron chi connectivity index (χ2n) is 7.40. The molecule has 0 aromatic heterocycles. The molecule has 2 amide bonds. The number of morpholine rings is 1. The smallest absolute Gasteiger partial charge is 0.251 e. The summed E-state index contributed by atoms with van der Waals surface area (Å²) in [6, 6.07) is 7.16. The van der Waals surface area contributed by atoms with Gasteiger partial charge in [0, 0.05) is 49.4 Å². The van der Waals surface area contributed by atoms with Crippen LogP contribution in [0.5, 0.6) is 0 Å². The highest BCUT2D eigenvalue weighted by Crippen LogP contribution is 2.24. The Kier molecular flexibility index (Phi) is 7.20. The van der Waals surface area contributed by atoms with Gasteiger partial charge in [0.05, 0.1) is 13.2 Å². The van der Waals surface area contributed by atoms with Crippen LogP contribution in [0.1, 0.15) is 36.0 Å². The molecule has 4 N–H and O–H groups in total. The first-order valence-corrected chi connectivity index (χ1v) is 9.86. The zero-order valence-corrected chi connectivity index (χ0v) is 15.8. The first-order chi connectivity index (χ1) is 13.1. The van der Waals surface area contributed by atoms with Crippen LogP contribution in [0.15, 0.2) is 24.3 Å². The molecular formula is C20H30N4O3. The molecule has 1 heterocycles. The van der Waals surface area contributed by atoms with Crippen molar-refractivity contribution in [2.45, 2.75) is 31.7 Å². The summed E-state index contributed by atoms with van der Waals surface area (Å²) in [4.78, 5) is 26.9. The largest absolute Gasteiger partial charge is 0.379 e. The van der Waals surface area contributed by atoms with E-state index in [-0.39, 0.29) is 23.8 Å². The predicted octanol–water partition coefficient (Wildman–Crippen LogP) is 1.20. The summed E-state index contributed by atoms with van der Waals surface area (Å²) in [6.45, 7) is 4.78. The number of nitrogens with one attached hydrogen (secondary N) is 2. The fourth-order valence-corrected chi connectivity index (χ4v) is 3.67. The average Bonchev–Trinajstić information content (AvgIpc) is 2.69. The number of carbonyl (C=O) groups excluding carboxylic acids is 2. The van der Waals surface area contributed by atoms with Crippen molar-refractivity contribution in [1.82, 2.24) is 10.2 Å². The summed E-state index contributed by atoms with van der Waals surface area (Å²) in [6.07, 6.45) is 3.64. The third-order valence-electron chi connectivity index (χ3n) is 5.32. The Balaban J connectivity index is 1.43. The summed E-state index contributed by atoms with van der Waals surface area (Å²) in [5.74, 6) is -0.0934. The van der Waals surface area contributed by atoms with Crippen molar-refractivity contribution in [2.75, 3.05) is 44.7 Å². The van der Waals surface area contributed by atoms with Crippen molar-refractivity contribution in [3.63, 3.8) is 0 Å². The fourth-order valence-electron chi connectivity index (χ4n) is 3.67. The van der Waals surface area contributed by atoms with E-state index in [9.17, 15) is 9.59 Å². The normalized spacial score (nSPS) is 23.6. The summed E-state index contributed by atoms with van der Waals surface area (Å²) in [5, 5.41) is 5.88. The Labute approximate surface area is 160 Å². The molecule has 0 bridgehead atoms. The molecule has 2 aliphatic rings. The van der Waals surface area contributed by atoms with E-state index in [4.69, 9.17) is 10.5 Å². The maximum atomic E-state index is 12.4. The summed E-state index contributed by atoms with van der Waals surface area (Å²) < 4.78 is 5.31. The number of rotatable bonds is 6. The van der Waals surface area contributed by atoms with Gasteiger partial charge in [0.2, 0.25) is 5.91 Å². The summed E-state index contributed by atoms with van der Waals surface area (Å²) >= 11 is 0. The lowest BCUT2D eigenvalue weighted by atomic mass is 9.85. The molecular weight excluding hydrogens is 344 g/mol. The van der Waals surface area contributed by atoms with Crippen LogP contribution >= 0.6 is 0 Å². The number of hydrogen-bond donors (Lipinski definition) is 3. The summed E-state index contributed by atoms with van der Waals surface area (Å²) in [5.41, 5.74) is 7.27. The molecule has 7 nitrogen and oxygen atoms in total. The Bertz CT molecular complexity index is 629. The van der Waals surface area contributed by atoms with Crippen molar-refractivity contribution in [1.29, 1.82) is 0 Å². The topological polar surface area (TPSA) is 96.7 Å². The molecule has 3 rings (SSSR count). The molecule has 1 aliphatic carbocycles. The number of benzene rings is 1. The van der Waals surface area contributed by atoms with Crippen LogP contribution in [0.2, 0.25) is 0 Å². The van der Waals surface area contributed by atoms with Gasteiger partial charge in [-0.25, -0.2) is 0 Å². The fraction of sp³-hybridized carbons (Fsp3) is 0.600. The number of carbonyl (C=O) groups is 2. The van der Waals surface area contributed by atoms with Crippen molar-refractivity contribution in [3.8, 4) is 0 Å². The lowest BCUT2D eigenvalue weighted by Crippen LogP contribution is -2.41. The lowest BCUT2D eigenvalue weighted by molar-refractivity contribution is -0.120. The van der Waals surface area contributed by atoms with Crippen LogP contribution in [-0.2, 0) is 9.53 Å². The predicted molar refractivity (Wildman–Crippen MR) is 105 cm³/mol. The average molecular weight is 374 g/mol. The molecule has 27 heavy (non-hydrogen) atoms. The molecule has 0 spiro atoms. The number of hydrogen-bond acceptors (Lipinski definition) is 5. The second kappa shape index (κ2) is 9.82. The van der Waals surface area contributed by atoms with Crippen molar-refractivity contribution >= 4 is 17.5 Å². The third kappa shape index (κ3) is 6.02. The van der Waals surface area contributed by atoms with Gasteiger partial charge in [-0.1, -0.05) is 6.42 Å². The van der Waals surface area contributed by atoms with E-state index in [1.165, 1.54) is 0 Å². The quantitative estimate of drug-likeness (QED) is 0.695. The van der Waals surface area contributed by atoms with Crippen LogP contribution < -0.4 is 16.4 Å². The maximum absolute atomic E-state index is 12.4. The highest BCUT2D eigenvalue weighted by atomic mass is 16.5. The minimum atomic E-state index is -0.0978.